The fourth-order valence-corrected chi connectivity index (χ4v) is 1.81. The van der Waals surface area contributed by atoms with Crippen molar-refractivity contribution in [2.24, 2.45) is 0 Å². The third-order valence-electron chi connectivity index (χ3n) is 2.60. The van der Waals surface area contributed by atoms with Crippen molar-refractivity contribution in [1.29, 1.82) is 0 Å². The zero-order chi connectivity index (χ0) is 10.5. The van der Waals surface area contributed by atoms with Crippen molar-refractivity contribution in [3.63, 3.8) is 0 Å². The van der Waals surface area contributed by atoms with E-state index in [0.29, 0.717) is 6.10 Å². The number of methoxy groups -OCH3 is 1. The minimum atomic E-state index is 0.297. The summed E-state index contributed by atoms with van der Waals surface area (Å²) in [5, 5.41) is 3.33. The maximum atomic E-state index is 5.65. The van der Waals surface area contributed by atoms with Gasteiger partial charge in [0.05, 0.1) is 19.8 Å². The molecule has 0 aromatic heterocycles. The highest BCUT2D eigenvalue weighted by Crippen LogP contribution is 2.15. The van der Waals surface area contributed by atoms with E-state index in [1.54, 1.807) is 7.11 Å². The van der Waals surface area contributed by atoms with Gasteiger partial charge >= 0.3 is 0 Å². The topological polar surface area (TPSA) is 30.5 Å². The first kappa shape index (κ1) is 10.5. The van der Waals surface area contributed by atoms with Gasteiger partial charge in [-0.2, -0.15) is 0 Å². The maximum absolute atomic E-state index is 5.65. The van der Waals surface area contributed by atoms with Gasteiger partial charge in [0, 0.05) is 19.5 Å². The van der Waals surface area contributed by atoms with Crippen molar-refractivity contribution in [3.8, 4) is 5.75 Å². The molecule has 1 fully saturated rings. The second-order valence-electron chi connectivity index (χ2n) is 3.75. The number of rotatable bonds is 3. The van der Waals surface area contributed by atoms with E-state index in [-0.39, 0.29) is 0 Å². The Bertz CT molecular complexity index is 308. The van der Waals surface area contributed by atoms with E-state index in [4.69, 9.17) is 9.47 Å². The Balaban J connectivity index is 1.96. The molecule has 0 saturated carbocycles. The van der Waals surface area contributed by atoms with Crippen molar-refractivity contribution < 1.29 is 9.47 Å². The van der Waals surface area contributed by atoms with Crippen LogP contribution in [0.5, 0.6) is 5.75 Å². The van der Waals surface area contributed by atoms with Crippen LogP contribution in [0.15, 0.2) is 24.3 Å². The van der Waals surface area contributed by atoms with Crippen molar-refractivity contribution >= 4 is 0 Å². The standard InChI is InChI=1S/C12H17NO2/c1-14-11-4-2-3-10(7-11)8-12-9-13-5-6-15-12/h2-4,7,12-13H,5-6,8-9H2,1H3/t12-/m1/s1. The molecular weight excluding hydrogens is 190 g/mol. The molecule has 1 atom stereocenters. The Hall–Kier alpha value is -1.06. The molecular formula is C12H17NO2. The zero-order valence-electron chi connectivity index (χ0n) is 9.03. The van der Waals surface area contributed by atoms with E-state index < -0.39 is 0 Å². The van der Waals surface area contributed by atoms with E-state index in [2.05, 4.69) is 17.4 Å². The van der Waals surface area contributed by atoms with Gasteiger partial charge in [-0.1, -0.05) is 12.1 Å². The second kappa shape index (κ2) is 5.14. The summed E-state index contributed by atoms with van der Waals surface area (Å²) in [5.74, 6) is 0.913. The van der Waals surface area contributed by atoms with Gasteiger partial charge in [0.2, 0.25) is 0 Å². The molecule has 0 amide bonds. The van der Waals surface area contributed by atoms with Crippen LogP contribution in [0.2, 0.25) is 0 Å². The van der Waals surface area contributed by atoms with Gasteiger partial charge in [0.25, 0.3) is 0 Å². The SMILES string of the molecule is COc1cccc(C[C@@H]2CNCCO2)c1. The van der Waals surface area contributed by atoms with Gasteiger partial charge in [0.1, 0.15) is 5.75 Å². The van der Waals surface area contributed by atoms with Crippen molar-refractivity contribution in [2.45, 2.75) is 12.5 Å². The summed E-state index contributed by atoms with van der Waals surface area (Å²) in [6.45, 7) is 2.72. The van der Waals surface area contributed by atoms with E-state index in [1.165, 1.54) is 5.56 Å². The average molecular weight is 207 g/mol. The van der Waals surface area contributed by atoms with Crippen molar-refractivity contribution in [2.75, 3.05) is 26.8 Å². The first-order valence-electron chi connectivity index (χ1n) is 5.34. The Kier molecular flexibility index (Phi) is 3.59. The molecule has 1 saturated heterocycles. The van der Waals surface area contributed by atoms with Crippen LogP contribution in [0, 0.1) is 0 Å². The molecule has 15 heavy (non-hydrogen) atoms. The normalized spacial score (nSPS) is 21.3. The van der Waals surface area contributed by atoms with E-state index >= 15 is 0 Å². The van der Waals surface area contributed by atoms with Crippen LogP contribution in [-0.2, 0) is 11.2 Å². The lowest BCUT2D eigenvalue weighted by atomic mass is 10.1. The second-order valence-corrected chi connectivity index (χ2v) is 3.75. The molecule has 1 N–H and O–H groups in total. The summed E-state index contributed by atoms with van der Waals surface area (Å²) >= 11 is 0. The lowest BCUT2D eigenvalue weighted by molar-refractivity contribution is 0.0292. The highest BCUT2D eigenvalue weighted by atomic mass is 16.5. The summed E-state index contributed by atoms with van der Waals surface area (Å²) in [6.07, 6.45) is 1.25. The minimum absolute atomic E-state index is 0.297. The Morgan fingerprint density at radius 1 is 1.53 bits per heavy atom. The van der Waals surface area contributed by atoms with E-state index in [0.717, 1.165) is 31.9 Å². The smallest absolute Gasteiger partial charge is 0.119 e. The fraction of sp³-hybridized carbons (Fsp3) is 0.500. The molecule has 1 aromatic rings. The molecule has 0 radical (unpaired) electrons. The first-order valence-corrected chi connectivity index (χ1v) is 5.34. The number of benzene rings is 1. The molecule has 3 heteroatoms. The van der Waals surface area contributed by atoms with Crippen LogP contribution in [0.25, 0.3) is 0 Å². The first-order chi connectivity index (χ1) is 7.38. The predicted molar refractivity (Wildman–Crippen MR) is 59.3 cm³/mol. The third-order valence-corrected chi connectivity index (χ3v) is 2.60. The maximum Gasteiger partial charge on any atom is 0.119 e. The van der Waals surface area contributed by atoms with Crippen LogP contribution < -0.4 is 10.1 Å². The van der Waals surface area contributed by atoms with Crippen LogP contribution in [0.4, 0.5) is 0 Å². The Morgan fingerprint density at radius 3 is 3.20 bits per heavy atom. The molecule has 1 heterocycles. The minimum Gasteiger partial charge on any atom is -0.497 e. The molecule has 3 nitrogen and oxygen atoms in total. The van der Waals surface area contributed by atoms with Crippen molar-refractivity contribution in [1.82, 2.24) is 5.32 Å². The Labute approximate surface area is 90.4 Å². The van der Waals surface area contributed by atoms with E-state index in [1.807, 2.05) is 12.1 Å². The Morgan fingerprint density at radius 2 is 2.47 bits per heavy atom. The highest BCUT2D eigenvalue weighted by Gasteiger charge is 2.13. The van der Waals surface area contributed by atoms with Gasteiger partial charge in [-0.15, -0.1) is 0 Å². The van der Waals surface area contributed by atoms with Gasteiger partial charge in [0.15, 0.2) is 0 Å². The molecule has 1 aliphatic rings. The van der Waals surface area contributed by atoms with Gasteiger partial charge < -0.3 is 14.8 Å². The van der Waals surface area contributed by atoms with Crippen LogP contribution in [-0.4, -0.2) is 32.9 Å². The lowest BCUT2D eigenvalue weighted by Crippen LogP contribution is -2.39. The number of hydrogen-bond acceptors (Lipinski definition) is 3. The largest absolute Gasteiger partial charge is 0.497 e. The molecule has 1 aromatic carbocycles. The van der Waals surface area contributed by atoms with Crippen LogP contribution in [0.3, 0.4) is 0 Å². The summed E-state index contributed by atoms with van der Waals surface area (Å²) in [5.41, 5.74) is 1.27. The van der Waals surface area contributed by atoms with Crippen LogP contribution >= 0.6 is 0 Å². The number of morpholine rings is 1. The number of hydrogen-bond donors (Lipinski definition) is 1. The number of nitrogens with one attached hydrogen (secondary N) is 1. The summed E-state index contributed by atoms with van der Waals surface area (Å²) in [7, 11) is 1.69. The summed E-state index contributed by atoms with van der Waals surface area (Å²) in [4.78, 5) is 0. The molecule has 1 aliphatic heterocycles. The molecule has 0 unspecified atom stereocenters. The summed E-state index contributed by atoms with van der Waals surface area (Å²) in [6, 6.07) is 8.16. The zero-order valence-corrected chi connectivity index (χ0v) is 9.03. The number of ether oxygens (including phenoxy) is 2. The molecule has 0 aliphatic carbocycles. The quantitative estimate of drug-likeness (QED) is 0.808. The van der Waals surface area contributed by atoms with Gasteiger partial charge in [-0.3, -0.25) is 0 Å². The molecule has 0 spiro atoms. The lowest BCUT2D eigenvalue weighted by Gasteiger charge is -2.23. The highest BCUT2D eigenvalue weighted by molar-refractivity contribution is 5.28. The average Bonchev–Trinajstić information content (AvgIpc) is 2.31. The van der Waals surface area contributed by atoms with Gasteiger partial charge in [-0.05, 0) is 17.7 Å². The molecule has 0 bridgehead atoms. The summed E-state index contributed by atoms with van der Waals surface area (Å²) < 4.78 is 10.8. The monoisotopic (exact) mass is 207 g/mol. The van der Waals surface area contributed by atoms with E-state index in [9.17, 15) is 0 Å². The molecule has 82 valence electrons. The van der Waals surface area contributed by atoms with Crippen molar-refractivity contribution in [3.05, 3.63) is 29.8 Å². The third kappa shape index (κ3) is 2.94. The van der Waals surface area contributed by atoms with Gasteiger partial charge in [-0.25, -0.2) is 0 Å². The molecule has 2 rings (SSSR count). The predicted octanol–water partition coefficient (Wildman–Crippen LogP) is 1.23. The van der Waals surface area contributed by atoms with Crippen LogP contribution in [0.1, 0.15) is 5.56 Å². The fourth-order valence-electron chi connectivity index (χ4n) is 1.81.